The second-order valence-electron chi connectivity index (χ2n) is 5.86. The number of piperidine rings is 1. The highest BCUT2D eigenvalue weighted by Gasteiger charge is 2.21. The number of anilines is 1. The van der Waals surface area contributed by atoms with Crippen LogP contribution in [0.25, 0.3) is 0 Å². The van der Waals surface area contributed by atoms with Gasteiger partial charge in [-0.1, -0.05) is 6.07 Å². The maximum atomic E-state index is 11.4. The first kappa shape index (κ1) is 16.1. The van der Waals surface area contributed by atoms with Gasteiger partial charge in [-0.2, -0.15) is 0 Å². The molecule has 21 heavy (non-hydrogen) atoms. The van der Waals surface area contributed by atoms with Crippen LogP contribution < -0.4 is 15.0 Å². The Bertz CT molecular complexity index is 501. The molecule has 1 N–H and O–H groups in total. The Kier molecular flexibility index (Phi) is 5.48. The van der Waals surface area contributed by atoms with Crippen LogP contribution in [0.1, 0.15) is 24.8 Å². The fourth-order valence-electron chi connectivity index (χ4n) is 3.08. The molecule has 1 aromatic carbocycles. The smallest absolute Gasteiger partial charge is 0.330 e. The number of fused-ring (bicyclic) bond motifs is 1. The normalized spacial score (nSPS) is 18.7. The summed E-state index contributed by atoms with van der Waals surface area (Å²) in [4.78, 5) is 13.4. The molecule has 0 aliphatic carbocycles. The molecular weight excluding hydrogens is 288 g/mol. The molecule has 0 unspecified atom stereocenters. The number of carbonyl (C=O) groups excluding carboxylic acids is 1. The van der Waals surface area contributed by atoms with E-state index in [2.05, 4.69) is 17.4 Å². The van der Waals surface area contributed by atoms with Gasteiger partial charge in [-0.15, -0.1) is 12.4 Å². The van der Waals surface area contributed by atoms with Gasteiger partial charge >= 0.3 is 5.97 Å². The molecule has 1 fully saturated rings. The average molecular weight is 311 g/mol. The molecule has 116 valence electrons. The first-order valence-electron chi connectivity index (χ1n) is 7.48. The zero-order chi connectivity index (χ0) is 13.9. The summed E-state index contributed by atoms with van der Waals surface area (Å²) in [5.74, 6) is 1.36. The van der Waals surface area contributed by atoms with Gasteiger partial charge in [0.2, 0.25) is 0 Å². The number of likely N-dealkylation sites (N-methyl/N-ethyl adjacent to an activating group) is 1. The average Bonchev–Trinajstić information content (AvgIpc) is 2.46. The number of halogens is 1. The van der Waals surface area contributed by atoms with Crippen LogP contribution >= 0.6 is 12.4 Å². The third-order valence-corrected chi connectivity index (χ3v) is 4.32. The van der Waals surface area contributed by atoms with Gasteiger partial charge in [-0.25, -0.2) is 4.79 Å². The fraction of sp³-hybridized carbons (Fsp3) is 0.562. The quantitative estimate of drug-likeness (QED) is 0.687. The van der Waals surface area contributed by atoms with Crippen molar-refractivity contribution in [3.63, 3.8) is 0 Å². The summed E-state index contributed by atoms with van der Waals surface area (Å²) in [7, 11) is 1.94. The van der Waals surface area contributed by atoms with Gasteiger partial charge in [0.1, 0.15) is 6.54 Å². The van der Waals surface area contributed by atoms with E-state index in [1.165, 1.54) is 24.8 Å². The molecular formula is C16H23ClN2O2. The van der Waals surface area contributed by atoms with Crippen molar-refractivity contribution in [1.82, 2.24) is 5.32 Å². The Morgan fingerprint density at radius 3 is 2.86 bits per heavy atom. The zero-order valence-corrected chi connectivity index (χ0v) is 13.2. The van der Waals surface area contributed by atoms with Gasteiger partial charge in [0.05, 0.1) is 5.69 Å². The maximum absolute atomic E-state index is 11.4. The molecule has 0 aromatic heterocycles. The second kappa shape index (κ2) is 7.14. The van der Waals surface area contributed by atoms with Crippen molar-refractivity contribution in [1.29, 1.82) is 0 Å². The van der Waals surface area contributed by atoms with Crippen LogP contribution in [0.2, 0.25) is 0 Å². The van der Waals surface area contributed by atoms with Crippen molar-refractivity contribution in [3.8, 4) is 5.75 Å². The first-order chi connectivity index (χ1) is 9.72. The van der Waals surface area contributed by atoms with Crippen molar-refractivity contribution < 1.29 is 9.53 Å². The summed E-state index contributed by atoms with van der Waals surface area (Å²) < 4.78 is 5.26. The summed E-state index contributed by atoms with van der Waals surface area (Å²) in [6.07, 6.45) is 4.95. The molecule has 0 amide bonds. The minimum absolute atomic E-state index is 0. The number of hydrogen-bond acceptors (Lipinski definition) is 4. The van der Waals surface area contributed by atoms with E-state index in [-0.39, 0.29) is 18.4 Å². The number of esters is 1. The molecule has 0 saturated carbocycles. The van der Waals surface area contributed by atoms with Crippen molar-refractivity contribution >= 4 is 24.1 Å². The Hall–Kier alpha value is -1.26. The van der Waals surface area contributed by atoms with Gasteiger partial charge in [0.15, 0.2) is 5.75 Å². The number of rotatable bonds is 3. The molecule has 2 aliphatic heterocycles. The van der Waals surface area contributed by atoms with E-state index in [9.17, 15) is 4.79 Å². The highest BCUT2D eigenvalue weighted by Crippen LogP contribution is 2.32. The predicted octanol–water partition coefficient (Wildman–Crippen LogP) is 2.40. The van der Waals surface area contributed by atoms with E-state index in [0.717, 1.165) is 31.1 Å². The summed E-state index contributed by atoms with van der Waals surface area (Å²) in [5.41, 5.74) is 2.37. The van der Waals surface area contributed by atoms with Gasteiger partial charge < -0.3 is 15.0 Å². The fourth-order valence-corrected chi connectivity index (χ4v) is 3.08. The van der Waals surface area contributed by atoms with Crippen LogP contribution in [0, 0.1) is 5.92 Å². The van der Waals surface area contributed by atoms with Gasteiger partial charge in [0.25, 0.3) is 0 Å². The van der Waals surface area contributed by atoms with Gasteiger partial charge in [0, 0.05) is 7.05 Å². The number of carbonyl (C=O) groups is 1. The van der Waals surface area contributed by atoms with Crippen LogP contribution in [0.4, 0.5) is 5.69 Å². The summed E-state index contributed by atoms with van der Waals surface area (Å²) in [5, 5.41) is 3.41. The van der Waals surface area contributed by atoms with Crippen molar-refractivity contribution in [2.75, 3.05) is 31.6 Å². The van der Waals surface area contributed by atoms with E-state index in [4.69, 9.17) is 4.74 Å². The number of ether oxygens (including phenoxy) is 1. The Morgan fingerprint density at radius 1 is 1.33 bits per heavy atom. The number of nitrogens with one attached hydrogen (secondary N) is 1. The predicted molar refractivity (Wildman–Crippen MR) is 86.5 cm³/mol. The van der Waals surface area contributed by atoms with Crippen molar-refractivity contribution in [2.24, 2.45) is 5.92 Å². The van der Waals surface area contributed by atoms with E-state index < -0.39 is 0 Å². The molecule has 1 aromatic rings. The second-order valence-corrected chi connectivity index (χ2v) is 5.86. The number of nitrogens with zero attached hydrogens (tertiary/aromatic N) is 1. The van der Waals surface area contributed by atoms with Crippen LogP contribution in [0.15, 0.2) is 18.2 Å². The van der Waals surface area contributed by atoms with Gasteiger partial charge in [-0.3, -0.25) is 0 Å². The van der Waals surface area contributed by atoms with Crippen molar-refractivity contribution in [2.45, 2.75) is 25.7 Å². The number of hydrogen-bond donors (Lipinski definition) is 1. The minimum atomic E-state index is -0.178. The monoisotopic (exact) mass is 310 g/mol. The lowest BCUT2D eigenvalue weighted by atomic mass is 9.91. The Morgan fingerprint density at radius 2 is 2.10 bits per heavy atom. The minimum Gasteiger partial charge on any atom is -0.423 e. The third kappa shape index (κ3) is 3.89. The van der Waals surface area contributed by atoms with Crippen LogP contribution in [0.3, 0.4) is 0 Å². The Balaban J connectivity index is 0.00000161. The number of aryl methyl sites for hydroxylation is 1. The molecule has 1 saturated heterocycles. The molecule has 0 spiro atoms. The lowest BCUT2D eigenvalue weighted by molar-refractivity contribution is -0.133. The van der Waals surface area contributed by atoms with E-state index in [1.54, 1.807) is 0 Å². The molecule has 0 atom stereocenters. The van der Waals surface area contributed by atoms with Crippen LogP contribution in [-0.4, -0.2) is 32.7 Å². The summed E-state index contributed by atoms with van der Waals surface area (Å²) in [6.45, 7) is 2.66. The van der Waals surface area contributed by atoms with E-state index >= 15 is 0 Å². The maximum Gasteiger partial charge on any atom is 0.330 e. The van der Waals surface area contributed by atoms with Gasteiger partial charge in [-0.05, 0) is 62.4 Å². The lowest BCUT2D eigenvalue weighted by Gasteiger charge is -2.27. The topological polar surface area (TPSA) is 41.6 Å². The molecule has 3 rings (SSSR count). The largest absolute Gasteiger partial charge is 0.423 e. The first-order valence-corrected chi connectivity index (χ1v) is 7.48. The highest BCUT2D eigenvalue weighted by molar-refractivity contribution is 5.85. The van der Waals surface area contributed by atoms with Crippen LogP contribution in [-0.2, 0) is 11.2 Å². The molecule has 0 radical (unpaired) electrons. The molecule has 2 heterocycles. The lowest BCUT2D eigenvalue weighted by Crippen LogP contribution is -2.33. The Labute approximate surface area is 132 Å². The number of benzene rings is 1. The summed E-state index contributed by atoms with van der Waals surface area (Å²) >= 11 is 0. The van der Waals surface area contributed by atoms with Crippen molar-refractivity contribution in [3.05, 3.63) is 23.8 Å². The standard InChI is InChI=1S/C16H22N2O2.ClH/c1-18-11-16(19)20-15-5-4-13(10-14(15)18)3-2-12-6-8-17-9-7-12;/h4-5,10,12,17H,2-3,6-9,11H2,1H3;1H. The highest BCUT2D eigenvalue weighted by atomic mass is 35.5. The third-order valence-electron chi connectivity index (χ3n) is 4.32. The van der Waals surface area contributed by atoms with Crippen LogP contribution in [0.5, 0.6) is 5.75 Å². The molecule has 0 bridgehead atoms. The summed E-state index contributed by atoms with van der Waals surface area (Å²) in [6, 6.07) is 6.19. The molecule has 5 heteroatoms. The van der Waals surface area contributed by atoms with E-state index in [1.807, 2.05) is 18.0 Å². The zero-order valence-electron chi connectivity index (χ0n) is 12.4. The van der Waals surface area contributed by atoms with E-state index in [0.29, 0.717) is 12.3 Å². The molecule has 4 nitrogen and oxygen atoms in total. The molecule has 2 aliphatic rings. The SMILES string of the molecule is CN1CC(=O)Oc2ccc(CCC3CCNCC3)cc21.Cl.